The number of fused-ring (bicyclic) bond motifs is 1. The first-order valence-corrected chi connectivity index (χ1v) is 12.4. The number of allylic oxidation sites excluding steroid dienone is 1. The van der Waals surface area contributed by atoms with Gasteiger partial charge >= 0.3 is 5.97 Å². The molecule has 4 heterocycles. The summed E-state index contributed by atoms with van der Waals surface area (Å²) in [6, 6.07) is 5.46. The van der Waals surface area contributed by atoms with Crippen LogP contribution in [0.1, 0.15) is 54.6 Å². The zero-order valence-electron chi connectivity index (χ0n) is 19.0. The first-order valence-electron chi connectivity index (χ1n) is 10.8. The van der Waals surface area contributed by atoms with Gasteiger partial charge < -0.3 is 9.30 Å². The van der Waals surface area contributed by atoms with Crippen LogP contribution in [0.5, 0.6) is 0 Å². The molecule has 1 aliphatic heterocycles. The topological polar surface area (TPSA) is 65.6 Å². The molecule has 0 aromatic carbocycles. The van der Waals surface area contributed by atoms with E-state index in [1.165, 1.54) is 22.7 Å². The number of carbonyl (C=O) groups is 1. The minimum atomic E-state index is -0.521. The Morgan fingerprint density at radius 2 is 2.09 bits per heavy atom. The maximum Gasteiger partial charge on any atom is 0.338 e. The van der Waals surface area contributed by atoms with Gasteiger partial charge in [0.25, 0.3) is 5.56 Å². The largest absolute Gasteiger partial charge is 0.463 e. The van der Waals surface area contributed by atoms with Gasteiger partial charge in [0, 0.05) is 23.3 Å². The Hall–Kier alpha value is -2.71. The van der Waals surface area contributed by atoms with Crippen molar-refractivity contribution in [3.8, 4) is 0 Å². The monoisotopic (exact) mass is 469 g/mol. The molecule has 3 aromatic heterocycles. The van der Waals surface area contributed by atoms with Gasteiger partial charge in [0.2, 0.25) is 0 Å². The van der Waals surface area contributed by atoms with Gasteiger partial charge in [-0.15, -0.1) is 11.3 Å². The lowest BCUT2D eigenvalue weighted by Crippen LogP contribution is -2.39. The summed E-state index contributed by atoms with van der Waals surface area (Å²) >= 11 is 2.91. The molecule has 0 N–H and O–H groups in total. The Bertz CT molecular complexity index is 1370. The van der Waals surface area contributed by atoms with Crippen LogP contribution in [-0.2, 0) is 16.6 Å². The summed E-state index contributed by atoms with van der Waals surface area (Å²) in [5.41, 5.74) is 4.30. The van der Waals surface area contributed by atoms with E-state index in [9.17, 15) is 9.59 Å². The van der Waals surface area contributed by atoms with Crippen LogP contribution in [0.4, 0.5) is 0 Å². The number of carbonyl (C=O) groups excluding carboxylic acids is 1. The fourth-order valence-corrected chi connectivity index (χ4v) is 5.84. The normalized spacial score (nSPS) is 16.3. The number of ether oxygens (including phenoxy) is 1. The van der Waals surface area contributed by atoms with E-state index in [1.54, 1.807) is 11.5 Å². The van der Waals surface area contributed by atoms with Gasteiger partial charge in [0.15, 0.2) is 4.80 Å². The van der Waals surface area contributed by atoms with E-state index < -0.39 is 12.0 Å². The average molecular weight is 470 g/mol. The van der Waals surface area contributed by atoms with Crippen LogP contribution < -0.4 is 14.9 Å². The standard InChI is InChI=1S/C24H27N3O3S2/c1-6-9-17-20(23(29)30-7-2)21(18-10-8-11-31-18)27-22(28)19(32-24(27)25-17)13-16-12-14(3)26(5)15(16)4/h8,10-13,21H,6-7,9H2,1-5H3/b19-13+/t21-/m1/s1. The zero-order chi connectivity index (χ0) is 23.0. The van der Waals surface area contributed by atoms with Crippen LogP contribution in [0.25, 0.3) is 6.08 Å². The Labute approximate surface area is 194 Å². The molecule has 8 heteroatoms. The highest BCUT2D eigenvalue weighted by molar-refractivity contribution is 7.10. The fourth-order valence-electron chi connectivity index (χ4n) is 4.01. The first-order chi connectivity index (χ1) is 15.4. The number of hydrogen-bond acceptors (Lipinski definition) is 6. The highest BCUT2D eigenvalue weighted by atomic mass is 32.1. The molecule has 1 aliphatic rings. The molecule has 1 atom stereocenters. The first kappa shape index (κ1) is 22.5. The Kier molecular flexibility index (Phi) is 6.35. The van der Waals surface area contributed by atoms with Gasteiger partial charge in [0.05, 0.1) is 22.4 Å². The Morgan fingerprint density at radius 3 is 2.69 bits per heavy atom. The second-order valence-electron chi connectivity index (χ2n) is 7.81. The second kappa shape index (κ2) is 9.03. The van der Waals surface area contributed by atoms with Crippen LogP contribution in [0.3, 0.4) is 0 Å². The number of nitrogens with zero attached hydrogens (tertiary/aromatic N) is 3. The Morgan fingerprint density at radius 1 is 1.31 bits per heavy atom. The van der Waals surface area contributed by atoms with E-state index in [0.717, 1.165) is 28.2 Å². The summed E-state index contributed by atoms with van der Waals surface area (Å²) in [7, 11) is 2.02. The molecular formula is C24H27N3O3S2. The fraction of sp³-hybridized carbons (Fsp3) is 0.375. The summed E-state index contributed by atoms with van der Waals surface area (Å²) in [6.07, 6.45) is 3.43. The van der Waals surface area contributed by atoms with Gasteiger partial charge in [-0.1, -0.05) is 30.7 Å². The highest BCUT2D eigenvalue weighted by Crippen LogP contribution is 2.34. The number of thiazole rings is 1. The van der Waals surface area contributed by atoms with Gasteiger partial charge in [-0.25, -0.2) is 9.79 Å². The minimum absolute atomic E-state index is 0.134. The maximum absolute atomic E-state index is 13.6. The molecule has 0 fully saturated rings. The molecule has 0 saturated carbocycles. The number of aryl methyl sites for hydroxylation is 1. The van der Waals surface area contributed by atoms with E-state index >= 15 is 0 Å². The number of hydrogen-bond donors (Lipinski definition) is 0. The van der Waals surface area contributed by atoms with E-state index in [2.05, 4.69) is 17.6 Å². The van der Waals surface area contributed by atoms with Crippen molar-refractivity contribution >= 4 is 34.7 Å². The van der Waals surface area contributed by atoms with E-state index in [0.29, 0.717) is 27.0 Å². The van der Waals surface area contributed by atoms with Gasteiger partial charge in [0.1, 0.15) is 6.04 Å². The molecule has 0 radical (unpaired) electrons. The maximum atomic E-state index is 13.6. The molecule has 6 nitrogen and oxygen atoms in total. The van der Waals surface area contributed by atoms with E-state index in [1.807, 2.05) is 44.5 Å². The Balaban J connectivity index is 1.99. The van der Waals surface area contributed by atoms with Crippen molar-refractivity contribution in [1.82, 2.24) is 9.13 Å². The summed E-state index contributed by atoms with van der Waals surface area (Å²) in [5.74, 6) is -0.401. The molecule has 0 bridgehead atoms. The lowest BCUT2D eigenvalue weighted by Gasteiger charge is -2.24. The van der Waals surface area contributed by atoms with Gasteiger partial charge in [-0.3, -0.25) is 9.36 Å². The average Bonchev–Trinajstić information content (AvgIpc) is 3.45. The number of esters is 1. The third kappa shape index (κ3) is 3.82. The van der Waals surface area contributed by atoms with Crippen molar-refractivity contribution in [2.75, 3.05) is 6.61 Å². The lowest BCUT2D eigenvalue weighted by atomic mass is 9.99. The van der Waals surface area contributed by atoms with Crippen molar-refractivity contribution in [2.45, 2.75) is 46.6 Å². The van der Waals surface area contributed by atoms with Crippen molar-refractivity contribution in [3.63, 3.8) is 0 Å². The van der Waals surface area contributed by atoms with Crippen LogP contribution in [0.15, 0.2) is 44.6 Å². The van der Waals surface area contributed by atoms with Crippen LogP contribution in [0, 0.1) is 13.8 Å². The van der Waals surface area contributed by atoms with Crippen molar-refractivity contribution < 1.29 is 9.53 Å². The van der Waals surface area contributed by atoms with Crippen molar-refractivity contribution in [1.29, 1.82) is 0 Å². The predicted octanol–water partition coefficient (Wildman–Crippen LogP) is 3.60. The SMILES string of the molecule is CCCC1=C(C(=O)OCC)[C@@H](c2cccs2)n2c(s/c(=C/c3cc(C)n(C)c3C)c2=O)=N1. The minimum Gasteiger partial charge on any atom is -0.463 e. The molecule has 0 spiro atoms. The molecule has 0 unspecified atom stereocenters. The lowest BCUT2D eigenvalue weighted by molar-refractivity contribution is -0.139. The third-order valence-corrected chi connectivity index (χ3v) is 7.71. The second-order valence-corrected chi connectivity index (χ2v) is 9.80. The van der Waals surface area contributed by atoms with E-state index in [-0.39, 0.29) is 12.2 Å². The molecule has 0 saturated heterocycles. The molecular weight excluding hydrogens is 442 g/mol. The van der Waals surface area contributed by atoms with Crippen LogP contribution in [-0.4, -0.2) is 21.7 Å². The predicted molar refractivity (Wildman–Crippen MR) is 129 cm³/mol. The van der Waals surface area contributed by atoms with Crippen molar-refractivity contribution in [3.05, 3.63) is 76.4 Å². The summed E-state index contributed by atoms with van der Waals surface area (Å²) in [5, 5.41) is 1.96. The van der Waals surface area contributed by atoms with Gasteiger partial charge in [-0.05, 0) is 56.3 Å². The van der Waals surface area contributed by atoms with Crippen molar-refractivity contribution in [2.24, 2.45) is 12.0 Å². The smallest absolute Gasteiger partial charge is 0.338 e. The number of aromatic nitrogens is 2. The molecule has 0 aliphatic carbocycles. The molecule has 4 rings (SSSR count). The zero-order valence-corrected chi connectivity index (χ0v) is 20.6. The van der Waals surface area contributed by atoms with Gasteiger partial charge in [-0.2, -0.15) is 0 Å². The summed E-state index contributed by atoms with van der Waals surface area (Å²) in [6.45, 7) is 8.21. The molecule has 3 aromatic rings. The summed E-state index contributed by atoms with van der Waals surface area (Å²) < 4.78 is 9.78. The molecule has 0 amide bonds. The van der Waals surface area contributed by atoms with Crippen LogP contribution >= 0.6 is 22.7 Å². The molecule has 32 heavy (non-hydrogen) atoms. The van der Waals surface area contributed by atoms with Crippen LogP contribution in [0.2, 0.25) is 0 Å². The highest BCUT2D eigenvalue weighted by Gasteiger charge is 2.34. The quantitative estimate of drug-likeness (QED) is 0.518. The third-order valence-electron chi connectivity index (χ3n) is 5.81. The van der Waals surface area contributed by atoms with E-state index in [4.69, 9.17) is 9.73 Å². The number of thiophene rings is 1. The molecule has 168 valence electrons. The number of rotatable bonds is 6. The summed E-state index contributed by atoms with van der Waals surface area (Å²) in [4.78, 5) is 33.0.